The van der Waals surface area contributed by atoms with Crippen molar-refractivity contribution in [3.63, 3.8) is 0 Å². The number of nitrogens with zero attached hydrogens (tertiary/aromatic N) is 1. The topological polar surface area (TPSA) is 50.2 Å². The van der Waals surface area contributed by atoms with Crippen molar-refractivity contribution in [2.45, 2.75) is 19.3 Å². The van der Waals surface area contributed by atoms with Crippen LogP contribution in [0.3, 0.4) is 0 Å². The van der Waals surface area contributed by atoms with Crippen molar-refractivity contribution in [3.8, 4) is 0 Å². The lowest BCUT2D eigenvalue weighted by Crippen LogP contribution is -2.10. The van der Waals surface area contributed by atoms with E-state index in [-0.39, 0.29) is 11.5 Å². The summed E-state index contributed by atoms with van der Waals surface area (Å²) in [6.45, 7) is 0. The van der Waals surface area contributed by atoms with Gasteiger partial charge in [0.05, 0.1) is 0 Å². The minimum atomic E-state index is -0.157. The molecule has 0 atom stereocenters. The van der Waals surface area contributed by atoms with Gasteiger partial charge in [-0.15, -0.1) is 0 Å². The molecule has 0 radical (unpaired) electrons. The van der Waals surface area contributed by atoms with Gasteiger partial charge in [-0.05, 0) is 24.5 Å². The molecule has 0 aliphatic heterocycles. The van der Waals surface area contributed by atoms with Crippen LogP contribution in [0.5, 0.6) is 0 Å². The third-order valence-electron chi connectivity index (χ3n) is 2.39. The number of hydrogen-bond donors (Lipinski definition) is 1. The molecule has 2 rings (SSSR count). The molecule has 1 aliphatic carbocycles. The molecular formula is C11H11NO2. The molecule has 0 saturated heterocycles. The molecular weight excluding hydrogens is 178 g/mol. The molecule has 0 aromatic carbocycles. The first-order valence-electron chi connectivity index (χ1n) is 4.65. The Morgan fingerprint density at radius 2 is 2.21 bits per heavy atom. The van der Waals surface area contributed by atoms with E-state index in [4.69, 9.17) is 0 Å². The Labute approximate surface area is 82.1 Å². The molecule has 0 saturated carbocycles. The molecule has 1 aromatic rings. The number of carbonyl (C=O) groups is 1. The minimum absolute atomic E-state index is 0.0794. The van der Waals surface area contributed by atoms with Crippen LogP contribution in [0.15, 0.2) is 30.3 Å². The zero-order valence-electron chi connectivity index (χ0n) is 7.73. The Kier molecular flexibility index (Phi) is 2.31. The zero-order chi connectivity index (χ0) is 9.97. The molecule has 1 aliphatic rings. The van der Waals surface area contributed by atoms with E-state index >= 15 is 0 Å². The Balaban J connectivity index is 2.43. The average Bonchev–Trinajstić information content (AvgIpc) is 2.23. The second-order valence-corrected chi connectivity index (χ2v) is 3.35. The van der Waals surface area contributed by atoms with Crippen molar-refractivity contribution < 1.29 is 9.90 Å². The van der Waals surface area contributed by atoms with Gasteiger partial charge in [0.2, 0.25) is 0 Å². The highest BCUT2D eigenvalue weighted by Crippen LogP contribution is 2.28. The van der Waals surface area contributed by atoms with Crippen molar-refractivity contribution in [2.75, 3.05) is 0 Å². The maximum Gasteiger partial charge on any atom is 0.197 e. The zero-order valence-corrected chi connectivity index (χ0v) is 7.73. The Hall–Kier alpha value is -1.64. The Bertz CT molecular complexity index is 382. The van der Waals surface area contributed by atoms with Gasteiger partial charge in [0, 0.05) is 24.4 Å². The van der Waals surface area contributed by atoms with E-state index in [0.717, 1.165) is 24.0 Å². The summed E-state index contributed by atoms with van der Waals surface area (Å²) in [5, 5.41) is 9.59. The highest BCUT2D eigenvalue weighted by molar-refractivity contribution is 6.01. The van der Waals surface area contributed by atoms with Crippen LogP contribution >= 0.6 is 0 Å². The van der Waals surface area contributed by atoms with Gasteiger partial charge in [0.15, 0.2) is 11.5 Å². The first-order chi connectivity index (χ1) is 6.79. The monoisotopic (exact) mass is 189 g/mol. The van der Waals surface area contributed by atoms with E-state index < -0.39 is 0 Å². The van der Waals surface area contributed by atoms with E-state index in [9.17, 15) is 9.90 Å². The summed E-state index contributed by atoms with van der Waals surface area (Å²) in [6.07, 6.45) is 5.36. The fourth-order valence-electron chi connectivity index (χ4n) is 1.65. The van der Waals surface area contributed by atoms with Crippen LogP contribution < -0.4 is 0 Å². The minimum Gasteiger partial charge on any atom is -0.504 e. The fourth-order valence-corrected chi connectivity index (χ4v) is 1.65. The van der Waals surface area contributed by atoms with Crippen molar-refractivity contribution in [1.29, 1.82) is 0 Å². The standard InChI is InChI=1S/C11H11NO2/c13-10-5-1-4-9(11(10)14)8-3-2-6-12-7-8/h2-3,6-7,14H,1,4-5H2. The second kappa shape index (κ2) is 3.62. The highest BCUT2D eigenvalue weighted by atomic mass is 16.3. The molecule has 14 heavy (non-hydrogen) atoms. The van der Waals surface area contributed by atoms with Crippen LogP contribution in [0.2, 0.25) is 0 Å². The molecule has 1 heterocycles. The van der Waals surface area contributed by atoms with E-state index in [1.807, 2.05) is 6.07 Å². The Morgan fingerprint density at radius 1 is 1.36 bits per heavy atom. The number of rotatable bonds is 1. The van der Waals surface area contributed by atoms with Crippen LogP contribution in [0.1, 0.15) is 24.8 Å². The lowest BCUT2D eigenvalue weighted by atomic mass is 9.92. The summed E-state index contributed by atoms with van der Waals surface area (Å²) in [5.74, 6) is -0.237. The van der Waals surface area contributed by atoms with Gasteiger partial charge in [-0.3, -0.25) is 9.78 Å². The number of aliphatic hydroxyl groups is 1. The number of aromatic nitrogens is 1. The summed E-state index contributed by atoms with van der Waals surface area (Å²) < 4.78 is 0. The molecule has 0 unspecified atom stereocenters. The van der Waals surface area contributed by atoms with Gasteiger partial charge in [-0.2, -0.15) is 0 Å². The van der Waals surface area contributed by atoms with E-state index in [1.54, 1.807) is 18.5 Å². The largest absolute Gasteiger partial charge is 0.504 e. The predicted octanol–water partition coefficient (Wildman–Crippen LogP) is 2.10. The number of Topliss-reactive ketones (excluding diaryl/α,β-unsaturated/α-hetero) is 1. The van der Waals surface area contributed by atoms with Crippen LogP contribution in [-0.4, -0.2) is 15.9 Å². The maximum atomic E-state index is 11.2. The van der Waals surface area contributed by atoms with Gasteiger partial charge in [-0.25, -0.2) is 0 Å². The third kappa shape index (κ3) is 1.53. The SMILES string of the molecule is O=C1CCCC(c2cccnc2)=C1O. The summed E-state index contributed by atoms with van der Waals surface area (Å²) >= 11 is 0. The van der Waals surface area contributed by atoms with Crippen molar-refractivity contribution >= 4 is 11.4 Å². The number of aliphatic hydroxyl groups excluding tert-OH is 1. The normalized spacial score (nSPS) is 17.3. The number of allylic oxidation sites excluding steroid dienone is 2. The summed E-state index contributed by atoms with van der Waals surface area (Å²) in [7, 11) is 0. The van der Waals surface area contributed by atoms with Crippen molar-refractivity contribution in [2.24, 2.45) is 0 Å². The quantitative estimate of drug-likeness (QED) is 0.736. The molecule has 72 valence electrons. The van der Waals surface area contributed by atoms with E-state index in [0.29, 0.717) is 6.42 Å². The molecule has 0 spiro atoms. The third-order valence-corrected chi connectivity index (χ3v) is 2.39. The van der Waals surface area contributed by atoms with E-state index in [1.165, 1.54) is 0 Å². The van der Waals surface area contributed by atoms with Crippen LogP contribution in [-0.2, 0) is 4.79 Å². The van der Waals surface area contributed by atoms with Gasteiger partial charge in [0.25, 0.3) is 0 Å². The van der Waals surface area contributed by atoms with E-state index in [2.05, 4.69) is 4.98 Å². The van der Waals surface area contributed by atoms with Crippen LogP contribution in [0.4, 0.5) is 0 Å². The van der Waals surface area contributed by atoms with Crippen LogP contribution in [0, 0.1) is 0 Å². The number of carbonyl (C=O) groups excluding carboxylic acids is 1. The molecule has 0 bridgehead atoms. The molecule has 3 heteroatoms. The van der Waals surface area contributed by atoms with Crippen molar-refractivity contribution in [1.82, 2.24) is 4.98 Å². The average molecular weight is 189 g/mol. The lowest BCUT2D eigenvalue weighted by Gasteiger charge is -2.14. The number of pyridine rings is 1. The summed E-state index contributed by atoms with van der Waals surface area (Å²) in [6, 6.07) is 3.66. The maximum absolute atomic E-state index is 11.2. The summed E-state index contributed by atoms with van der Waals surface area (Å²) in [5.41, 5.74) is 1.58. The second-order valence-electron chi connectivity index (χ2n) is 3.35. The summed E-state index contributed by atoms with van der Waals surface area (Å²) in [4.78, 5) is 15.2. The van der Waals surface area contributed by atoms with Gasteiger partial charge >= 0.3 is 0 Å². The molecule has 1 aromatic heterocycles. The van der Waals surface area contributed by atoms with Gasteiger partial charge in [-0.1, -0.05) is 6.07 Å². The number of hydrogen-bond acceptors (Lipinski definition) is 3. The van der Waals surface area contributed by atoms with Gasteiger partial charge in [0.1, 0.15) is 0 Å². The Morgan fingerprint density at radius 3 is 2.93 bits per heavy atom. The first-order valence-corrected chi connectivity index (χ1v) is 4.65. The van der Waals surface area contributed by atoms with Gasteiger partial charge < -0.3 is 5.11 Å². The first kappa shape index (κ1) is 8.94. The molecule has 0 fully saturated rings. The fraction of sp³-hybridized carbons (Fsp3) is 0.273. The molecule has 1 N–H and O–H groups in total. The highest BCUT2D eigenvalue weighted by Gasteiger charge is 2.20. The van der Waals surface area contributed by atoms with Crippen LogP contribution in [0.25, 0.3) is 5.57 Å². The lowest BCUT2D eigenvalue weighted by molar-refractivity contribution is -0.118. The molecule has 0 amide bonds. The number of ketones is 1. The van der Waals surface area contributed by atoms with Crippen molar-refractivity contribution in [3.05, 3.63) is 35.8 Å². The smallest absolute Gasteiger partial charge is 0.197 e. The predicted molar refractivity (Wildman–Crippen MR) is 52.6 cm³/mol. The molecule has 3 nitrogen and oxygen atoms in total.